The fourth-order valence-electron chi connectivity index (χ4n) is 2.34. The van der Waals surface area contributed by atoms with Gasteiger partial charge in [0.2, 0.25) is 11.8 Å². The number of hydrogen-bond donors (Lipinski definition) is 1. The average Bonchev–Trinajstić information content (AvgIpc) is 2.52. The minimum Gasteiger partial charge on any atom is -0.357 e. The van der Waals surface area contributed by atoms with Gasteiger partial charge in [0.1, 0.15) is 6.04 Å². The summed E-state index contributed by atoms with van der Waals surface area (Å²) in [4.78, 5) is 37.4. The second-order valence-electron chi connectivity index (χ2n) is 4.44. The molecule has 2 rings (SSSR count). The summed E-state index contributed by atoms with van der Waals surface area (Å²) in [5.41, 5.74) is 1.23. The largest absolute Gasteiger partial charge is 0.357 e. The molecule has 1 aliphatic heterocycles. The van der Waals surface area contributed by atoms with Crippen molar-refractivity contribution in [1.29, 1.82) is 0 Å². The fraction of sp³-hybridized carbons (Fsp3) is 0.438. The third-order valence-corrected chi connectivity index (χ3v) is 3.32. The highest BCUT2D eigenvalue weighted by Crippen LogP contribution is 2.22. The van der Waals surface area contributed by atoms with Crippen molar-refractivity contribution < 1.29 is 15.8 Å². The Morgan fingerprint density at radius 1 is 1.33 bits per heavy atom. The van der Waals surface area contributed by atoms with Gasteiger partial charge < -0.3 is 5.32 Å². The molecule has 1 heterocycles. The third-order valence-electron chi connectivity index (χ3n) is 3.32. The van der Waals surface area contributed by atoms with Gasteiger partial charge in [0.25, 0.3) is 5.91 Å². The summed E-state index contributed by atoms with van der Waals surface area (Å²) in [6, 6.07) is 6.27. The van der Waals surface area contributed by atoms with E-state index in [0.717, 1.165) is 10.5 Å². The highest BCUT2D eigenvalue weighted by Gasteiger charge is 2.37. The summed E-state index contributed by atoms with van der Waals surface area (Å²) in [5, 5.41) is 2.49. The van der Waals surface area contributed by atoms with Gasteiger partial charge in [0.05, 0.1) is 6.42 Å². The number of benzene rings is 1. The van der Waals surface area contributed by atoms with E-state index in [1.54, 1.807) is 31.2 Å². The summed E-state index contributed by atoms with van der Waals surface area (Å²) in [6.45, 7) is 5.78. The molecule has 0 spiro atoms. The van der Waals surface area contributed by atoms with Crippen molar-refractivity contribution in [3.8, 4) is 0 Å². The summed E-state index contributed by atoms with van der Waals surface area (Å²) in [5.74, 6) is -1.02. The number of likely N-dealkylation sites (N-methyl/N-ethyl adjacent to an activating group) is 1. The van der Waals surface area contributed by atoms with Crippen LogP contribution in [0.5, 0.6) is 0 Å². The van der Waals surface area contributed by atoms with Gasteiger partial charge in [-0.15, -0.1) is 0 Å². The van der Waals surface area contributed by atoms with Crippen LogP contribution in [0, 0.1) is 0 Å². The molecule has 0 saturated heterocycles. The summed E-state index contributed by atoms with van der Waals surface area (Å²) < 4.78 is 0. The van der Waals surface area contributed by atoms with E-state index in [1.807, 2.05) is 13.8 Å². The molecule has 1 N–H and O–H groups in total. The van der Waals surface area contributed by atoms with Crippen LogP contribution in [-0.4, -0.2) is 35.7 Å². The maximum absolute atomic E-state index is 12.4. The van der Waals surface area contributed by atoms with Gasteiger partial charge in [-0.25, -0.2) is 0 Å². The van der Waals surface area contributed by atoms with E-state index in [-0.39, 0.29) is 25.6 Å². The molecule has 5 heteroatoms. The van der Waals surface area contributed by atoms with E-state index in [0.29, 0.717) is 12.0 Å². The van der Waals surface area contributed by atoms with Crippen LogP contribution < -0.4 is 5.32 Å². The van der Waals surface area contributed by atoms with Crippen molar-refractivity contribution in [2.75, 3.05) is 7.05 Å². The van der Waals surface area contributed by atoms with Crippen molar-refractivity contribution in [3.05, 3.63) is 35.4 Å². The topological polar surface area (TPSA) is 66.5 Å². The molecule has 5 nitrogen and oxygen atoms in total. The molecule has 21 heavy (non-hydrogen) atoms. The van der Waals surface area contributed by atoms with Crippen LogP contribution >= 0.6 is 0 Å². The first-order valence-electron chi connectivity index (χ1n) is 7.26. The van der Waals surface area contributed by atoms with Gasteiger partial charge in [0.15, 0.2) is 0 Å². The van der Waals surface area contributed by atoms with Gasteiger partial charge >= 0.3 is 0 Å². The quantitative estimate of drug-likeness (QED) is 0.867. The van der Waals surface area contributed by atoms with Gasteiger partial charge in [-0.3, -0.25) is 19.3 Å². The number of amides is 3. The Kier molecular flexibility index (Phi) is 6.09. The zero-order valence-electron chi connectivity index (χ0n) is 13.0. The van der Waals surface area contributed by atoms with E-state index in [9.17, 15) is 14.4 Å². The molecule has 1 atom stereocenters. The number of carbonyl (C=O) groups excluding carboxylic acids is 3. The van der Waals surface area contributed by atoms with Gasteiger partial charge in [-0.05, 0) is 18.1 Å². The lowest BCUT2D eigenvalue weighted by Crippen LogP contribution is -2.53. The second kappa shape index (κ2) is 7.57. The zero-order chi connectivity index (χ0) is 16.0. The van der Waals surface area contributed by atoms with Gasteiger partial charge in [0, 0.05) is 14.0 Å². The number of nitrogens with one attached hydrogen (secondary N) is 1. The third kappa shape index (κ3) is 3.29. The molecule has 1 aromatic carbocycles. The van der Waals surface area contributed by atoms with Gasteiger partial charge in [-0.2, -0.15) is 0 Å². The van der Waals surface area contributed by atoms with Crippen molar-refractivity contribution in [1.82, 2.24) is 10.2 Å². The maximum atomic E-state index is 12.4. The molecule has 0 radical (unpaired) electrons. The Bertz CT molecular complexity index is 546. The van der Waals surface area contributed by atoms with Crippen LogP contribution in [0.3, 0.4) is 0 Å². The predicted octanol–water partition coefficient (Wildman–Crippen LogP) is 2.01. The van der Waals surface area contributed by atoms with Crippen molar-refractivity contribution >= 4 is 17.7 Å². The number of nitrogens with zero attached hydrogens (tertiary/aromatic N) is 1. The van der Waals surface area contributed by atoms with E-state index in [2.05, 4.69) is 5.32 Å². The lowest BCUT2D eigenvalue weighted by atomic mass is 9.96. The lowest BCUT2D eigenvalue weighted by Gasteiger charge is -2.32. The SMILES string of the molecule is CC.CCC(C(=O)NC)N1C(=O)Cc2ccccc2C1=O.[HH]. The molecule has 1 aliphatic rings. The number of carbonyl (C=O) groups is 3. The van der Waals surface area contributed by atoms with Crippen LogP contribution in [0.1, 0.15) is 44.5 Å². The molecule has 1 unspecified atom stereocenters. The molecule has 0 fully saturated rings. The number of hydrogen-bond acceptors (Lipinski definition) is 3. The van der Waals surface area contributed by atoms with Crippen LogP contribution in [0.4, 0.5) is 0 Å². The molecule has 0 aliphatic carbocycles. The van der Waals surface area contributed by atoms with Crippen LogP contribution in [0.2, 0.25) is 0 Å². The summed E-state index contributed by atoms with van der Waals surface area (Å²) >= 11 is 0. The standard InChI is InChI=1S/C14H16N2O3.C2H6.H2/c1-3-11(13(18)15-2)16-12(17)8-9-6-4-5-7-10(9)14(16)19;1-2;/h4-7,11H,3,8H2,1-2H3,(H,15,18);1-2H3;1H. The molecule has 0 saturated carbocycles. The van der Waals surface area contributed by atoms with E-state index in [1.165, 1.54) is 7.05 Å². The minimum absolute atomic E-state index is 0. The first kappa shape index (κ1) is 16.9. The molecule has 0 bridgehead atoms. The minimum atomic E-state index is -0.738. The smallest absolute Gasteiger partial charge is 0.261 e. The molecular formula is C16H24N2O3. The normalized spacial score (nSPS) is 14.8. The highest BCUT2D eigenvalue weighted by atomic mass is 16.2. The Morgan fingerprint density at radius 2 is 1.95 bits per heavy atom. The van der Waals surface area contributed by atoms with E-state index < -0.39 is 6.04 Å². The summed E-state index contributed by atoms with van der Waals surface area (Å²) in [6.07, 6.45) is 0.564. The predicted molar refractivity (Wildman–Crippen MR) is 82.9 cm³/mol. The Labute approximate surface area is 126 Å². The molecule has 116 valence electrons. The average molecular weight is 292 g/mol. The zero-order valence-corrected chi connectivity index (χ0v) is 13.0. The highest BCUT2D eigenvalue weighted by molar-refractivity contribution is 6.12. The van der Waals surface area contributed by atoms with Gasteiger partial charge in [-0.1, -0.05) is 39.0 Å². The Balaban J connectivity index is 0.00000141. The number of imide groups is 1. The maximum Gasteiger partial charge on any atom is 0.261 e. The first-order valence-corrected chi connectivity index (χ1v) is 7.26. The van der Waals surface area contributed by atoms with Crippen LogP contribution in [0.25, 0.3) is 0 Å². The molecular weight excluding hydrogens is 268 g/mol. The number of fused-ring (bicyclic) bond motifs is 1. The lowest BCUT2D eigenvalue weighted by molar-refractivity contribution is -0.137. The van der Waals surface area contributed by atoms with Crippen molar-refractivity contribution in [2.24, 2.45) is 0 Å². The molecule has 0 aromatic heterocycles. The van der Waals surface area contributed by atoms with E-state index >= 15 is 0 Å². The van der Waals surface area contributed by atoms with Crippen LogP contribution in [-0.2, 0) is 16.0 Å². The Morgan fingerprint density at radius 3 is 2.52 bits per heavy atom. The van der Waals surface area contributed by atoms with Crippen molar-refractivity contribution in [2.45, 2.75) is 39.7 Å². The number of rotatable bonds is 3. The summed E-state index contributed by atoms with van der Waals surface area (Å²) in [7, 11) is 1.50. The second-order valence-corrected chi connectivity index (χ2v) is 4.44. The molecule has 1 aromatic rings. The van der Waals surface area contributed by atoms with Crippen LogP contribution in [0.15, 0.2) is 24.3 Å². The van der Waals surface area contributed by atoms with E-state index in [4.69, 9.17) is 0 Å². The van der Waals surface area contributed by atoms with Crippen molar-refractivity contribution in [3.63, 3.8) is 0 Å². The fourth-order valence-corrected chi connectivity index (χ4v) is 2.34. The monoisotopic (exact) mass is 292 g/mol. The Hall–Kier alpha value is -2.17. The first-order chi connectivity index (χ1) is 10.1. The molecule has 3 amide bonds.